The fourth-order valence-corrected chi connectivity index (χ4v) is 5.36. The van der Waals surface area contributed by atoms with E-state index in [0.29, 0.717) is 0 Å². The van der Waals surface area contributed by atoms with Gasteiger partial charge in [-0.05, 0) is 12.0 Å². The van der Waals surface area contributed by atoms with E-state index < -0.39 is 5.97 Å². The molecule has 1 unspecified atom stereocenters. The second kappa shape index (κ2) is 20.9. The van der Waals surface area contributed by atoms with Crippen LogP contribution in [0.25, 0.3) is 0 Å². The Morgan fingerprint density at radius 3 is 1.65 bits per heavy atom. The molecule has 0 radical (unpaired) electrons. The smallest absolute Gasteiger partial charge is 0.304 e. The standard InChI is InChI=1S/C28H48O2S/c1-2-3-4-5-6-7-8-9-10-11-12-13-14-15-16-20-23-27(24-28(29)30)31-25-26-21-18-17-19-22-26/h17-19,21-22,27H,2-16,20,23-25H2,1H3,(H,29,30). The van der Waals surface area contributed by atoms with Crippen molar-refractivity contribution in [3.8, 4) is 0 Å². The van der Waals surface area contributed by atoms with E-state index in [0.717, 1.165) is 18.6 Å². The molecule has 0 aliphatic carbocycles. The summed E-state index contributed by atoms with van der Waals surface area (Å²) >= 11 is 1.81. The van der Waals surface area contributed by atoms with E-state index in [2.05, 4.69) is 31.2 Å². The number of hydrogen-bond donors (Lipinski definition) is 1. The molecule has 1 aromatic carbocycles. The largest absolute Gasteiger partial charge is 0.481 e. The third-order valence-corrected chi connectivity index (χ3v) is 7.48. The van der Waals surface area contributed by atoms with Crippen molar-refractivity contribution in [2.45, 2.75) is 134 Å². The van der Waals surface area contributed by atoms with Gasteiger partial charge in [0.1, 0.15) is 0 Å². The van der Waals surface area contributed by atoms with Crippen molar-refractivity contribution < 1.29 is 9.90 Å². The zero-order chi connectivity index (χ0) is 22.4. The molecule has 0 aliphatic rings. The number of rotatable bonds is 22. The maximum absolute atomic E-state index is 11.2. The highest BCUT2D eigenvalue weighted by atomic mass is 32.2. The predicted octanol–water partition coefficient (Wildman–Crippen LogP) is 9.41. The molecule has 0 saturated heterocycles. The molecule has 2 nitrogen and oxygen atoms in total. The van der Waals surface area contributed by atoms with Crippen molar-refractivity contribution >= 4 is 17.7 Å². The van der Waals surface area contributed by atoms with Crippen molar-refractivity contribution in [1.29, 1.82) is 0 Å². The van der Waals surface area contributed by atoms with Gasteiger partial charge in [-0.2, -0.15) is 11.8 Å². The van der Waals surface area contributed by atoms with Gasteiger partial charge in [0.15, 0.2) is 0 Å². The number of hydrogen-bond acceptors (Lipinski definition) is 2. The fraction of sp³-hybridized carbons (Fsp3) is 0.750. The molecule has 3 heteroatoms. The van der Waals surface area contributed by atoms with Crippen LogP contribution in [0.3, 0.4) is 0 Å². The highest BCUT2D eigenvalue weighted by Gasteiger charge is 2.13. The van der Waals surface area contributed by atoms with Crippen molar-refractivity contribution in [2.24, 2.45) is 0 Å². The van der Waals surface area contributed by atoms with E-state index in [1.54, 1.807) is 0 Å². The molecule has 0 heterocycles. The van der Waals surface area contributed by atoms with Crippen LogP contribution in [0.15, 0.2) is 30.3 Å². The third-order valence-electron chi connectivity index (χ3n) is 6.11. The van der Waals surface area contributed by atoms with Crippen LogP contribution >= 0.6 is 11.8 Å². The molecule has 0 spiro atoms. The molecule has 0 fully saturated rings. The summed E-state index contributed by atoms with van der Waals surface area (Å²) < 4.78 is 0. The van der Waals surface area contributed by atoms with E-state index in [1.807, 2.05) is 17.8 Å². The molecule has 1 atom stereocenters. The van der Waals surface area contributed by atoms with Crippen LogP contribution in [0, 0.1) is 0 Å². The molecule has 1 rings (SSSR count). The van der Waals surface area contributed by atoms with E-state index >= 15 is 0 Å². The monoisotopic (exact) mass is 448 g/mol. The van der Waals surface area contributed by atoms with Crippen LogP contribution in [0.1, 0.15) is 128 Å². The summed E-state index contributed by atoms with van der Waals surface area (Å²) in [5.74, 6) is 0.250. The number of carboxylic acid groups (broad SMARTS) is 1. The van der Waals surface area contributed by atoms with Crippen LogP contribution in [0.2, 0.25) is 0 Å². The molecular weight excluding hydrogens is 400 g/mol. The van der Waals surface area contributed by atoms with E-state index in [-0.39, 0.29) is 11.7 Å². The second-order valence-corrected chi connectivity index (χ2v) is 10.4. The Morgan fingerprint density at radius 2 is 1.19 bits per heavy atom. The van der Waals surface area contributed by atoms with Crippen LogP contribution in [-0.2, 0) is 10.5 Å². The lowest BCUT2D eigenvalue weighted by molar-refractivity contribution is -0.137. The lowest BCUT2D eigenvalue weighted by Gasteiger charge is -2.14. The summed E-state index contributed by atoms with van der Waals surface area (Å²) in [6.07, 6.45) is 23.4. The second-order valence-electron chi connectivity index (χ2n) is 9.11. The zero-order valence-corrected chi connectivity index (χ0v) is 21.0. The van der Waals surface area contributed by atoms with Gasteiger partial charge in [-0.25, -0.2) is 0 Å². The maximum Gasteiger partial charge on any atom is 0.304 e. The molecule has 31 heavy (non-hydrogen) atoms. The zero-order valence-electron chi connectivity index (χ0n) is 20.2. The quantitative estimate of drug-likeness (QED) is 0.179. The maximum atomic E-state index is 11.2. The Hall–Kier alpha value is -0.960. The topological polar surface area (TPSA) is 37.3 Å². The van der Waals surface area contributed by atoms with Gasteiger partial charge >= 0.3 is 5.97 Å². The van der Waals surface area contributed by atoms with E-state index in [1.165, 1.54) is 102 Å². The Balaban J connectivity index is 1.92. The minimum absolute atomic E-state index is 0.240. The van der Waals surface area contributed by atoms with Gasteiger partial charge in [-0.1, -0.05) is 140 Å². The minimum atomic E-state index is -0.665. The highest BCUT2D eigenvalue weighted by Crippen LogP contribution is 2.25. The summed E-state index contributed by atoms with van der Waals surface area (Å²) in [6.45, 7) is 2.28. The van der Waals surface area contributed by atoms with Gasteiger partial charge in [0.25, 0.3) is 0 Å². The lowest BCUT2D eigenvalue weighted by atomic mass is 10.0. The number of benzene rings is 1. The van der Waals surface area contributed by atoms with Crippen molar-refractivity contribution in [3.05, 3.63) is 35.9 Å². The molecule has 1 N–H and O–H groups in total. The normalized spacial score (nSPS) is 12.2. The van der Waals surface area contributed by atoms with Gasteiger partial charge in [0.05, 0.1) is 6.42 Å². The molecular formula is C28H48O2S. The Morgan fingerprint density at radius 1 is 0.742 bits per heavy atom. The summed E-state index contributed by atoms with van der Waals surface area (Å²) in [4.78, 5) is 11.2. The van der Waals surface area contributed by atoms with Gasteiger partial charge in [-0.15, -0.1) is 0 Å². The highest BCUT2D eigenvalue weighted by molar-refractivity contribution is 7.99. The van der Waals surface area contributed by atoms with Gasteiger partial charge < -0.3 is 5.11 Å². The number of carbonyl (C=O) groups is 1. The summed E-state index contributed by atoms with van der Waals surface area (Å²) in [5.41, 5.74) is 1.29. The minimum Gasteiger partial charge on any atom is -0.481 e. The van der Waals surface area contributed by atoms with Gasteiger partial charge in [0, 0.05) is 11.0 Å². The first kappa shape index (κ1) is 28.1. The summed E-state index contributed by atoms with van der Waals surface area (Å²) in [7, 11) is 0. The Kier molecular flexibility index (Phi) is 18.9. The fourth-order valence-electron chi connectivity index (χ4n) is 4.15. The number of aliphatic carboxylic acids is 1. The molecule has 178 valence electrons. The third kappa shape index (κ3) is 18.3. The average Bonchev–Trinajstić information content (AvgIpc) is 2.77. The summed E-state index contributed by atoms with van der Waals surface area (Å²) in [5, 5.41) is 9.44. The molecule has 0 saturated carbocycles. The number of unbranched alkanes of at least 4 members (excludes halogenated alkanes) is 15. The van der Waals surface area contributed by atoms with Crippen molar-refractivity contribution in [3.63, 3.8) is 0 Å². The Bertz CT molecular complexity index is 517. The van der Waals surface area contributed by atoms with Crippen LogP contribution in [0.4, 0.5) is 0 Å². The number of carboxylic acids is 1. The average molecular weight is 449 g/mol. The Labute approximate surface area is 197 Å². The molecule has 0 aromatic heterocycles. The van der Waals surface area contributed by atoms with Crippen LogP contribution in [-0.4, -0.2) is 16.3 Å². The first-order chi connectivity index (χ1) is 15.2. The molecule has 0 amide bonds. The van der Waals surface area contributed by atoms with Crippen LogP contribution in [0.5, 0.6) is 0 Å². The molecule has 1 aromatic rings. The SMILES string of the molecule is CCCCCCCCCCCCCCCCCCC(CC(=O)O)SCc1ccccc1. The lowest BCUT2D eigenvalue weighted by Crippen LogP contribution is -2.10. The van der Waals surface area contributed by atoms with E-state index in [4.69, 9.17) is 0 Å². The summed E-state index contributed by atoms with van der Waals surface area (Å²) in [6, 6.07) is 10.4. The van der Waals surface area contributed by atoms with Crippen LogP contribution < -0.4 is 0 Å². The van der Waals surface area contributed by atoms with Gasteiger partial charge in [-0.3, -0.25) is 4.79 Å². The van der Waals surface area contributed by atoms with Crippen molar-refractivity contribution in [2.75, 3.05) is 0 Å². The predicted molar refractivity (Wildman–Crippen MR) is 138 cm³/mol. The first-order valence-electron chi connectivity index (χ1n) is 13.1. The molecule has 0 aliphatic heterocycles. The number of thioether (sulfide) groups is 1. The first-order valence-corrected chi connectivity index (χ1v) is 14.1. The van der Waals surface area contributed by atoms with E-state index in [9.17, 15) is 9.90 Å². The van der Waals surface area contributed by atoms with Crippen molar-refractivity contribution in [1.82, 2.24) is 0 Å². The molecule has 0 bridgehead atoms. The van der Waals surface area contributed by atoms with Gasteiger partial charge in [0.2, 0.25) is 0 Å².